The Hall–Kier alpha value is -0.530. The summed E-state index contributed by atoms with van der Waals surface area (Å²) in [5.74, 6) is 1.37. The number of nitrogens with zero attached hydrogens (tertiary/aromatic N) is 3. The predicted molar refractivity (Wildman–Crippen MR) is 90.2 cm³/mol. The number of rotatable bonds is 3. The Morgan fingerprint density at radius 1 is 1.25 bits per heavy atom. The van der Waals surface area contributed by atoms with E-state index in [0.717, 1.165) is 19.6 Å². The minimum Gasteiger partial charge on any atom is -0.370 e. The molecule has 1 unspecified atom stereocenters. The zero-order valence-electron chi connectivity index (χ0n) is 12.0. The van der Waals surface area contributed by atoms with Gasteiger partial charge in [-0.2, -0.15) is 0 Å². The van der Waals surface area contributed by atoms with Gasteiger partial charge in [0.15, 0.2) is 5.96 Å². The molecule has 0 aromatic heterocycles. The van der Waals surface area contributed by atoms with Crippen molar-refractivity contribution in [3.8, 4) is 0 Å². The van der Waals surface area contributed by atoms with Crippen LogP contribution in [0.1, 0.15) is 38.5 Å². The zero-order valence-corrected chi connectivity index (χ0v) is 14.3. The molecule has 0 aromatic carbocycles. The quantitative estimate of drug-likeness (QED) is 0.449. The number of hydrogen-bond donors (Lipinski definition) is 1. The van der Waals surface area contributed by atoms with Crippen LogP contribution in [0.3, 0.4) is 0 Å². The number of aliphatic imine (C=N–C) groups is 1. The first-order valence-corrected chi connectivity index (χ1v) is 7.58. The number of hydrogen-bond acceptors (Lipinski definition) is 2. The molecule has 0 radical (unpaired) electrons. The molecule has 3 rings (SSSR count). The van der Waals surface area contributed by atoms with E-state index in [1.807, 2.05) is 0 Å². The molecule has 2 N–H and O–H groups in total. The van der Waals surface area contributed by atoms with E-state index < -0.39 is 0 Å². The molecule has 114 valence electrons. The molecule has 20 heavy (non-hydrogen) atoms. The lowest BCUT2D eigenvalue weighted by atomic mass is 10.1. The van der Waals surface area contributed by atoms with Crippen LogP contribution in [-0.4, -0.2) is 53.9 Å². The molecule has 5 nitrogen and oxygen atoms in total. The fourth-order valence-corrected chi connectivity index (χ4v) is 3.12. The number of likely N-dealkylation sites (tertiary alicyclic amines) is 2. The van der Waals surface area contributed by atoms with Crippen molar-refractivity contribution in [2.45, 2.75) is 44.6 Å². The first kappa shape index (κ1) is 15.9. The lowest BCUT2D eigenvalue weighted by Crippen LogP contribution is -2.41. The van der Waals surface area contributed by atoms with Gasteiger partial charge in [0.05, 0.1) is 0 Å². The third kappa shape index (κ3) is 3.77. The Bertz CT molecular complexity index is 377. The number of halogens is 1. The summed E-state index contributed by atoms with van der Waals surface area (Å²) in [4.78, 5) is 20.6. The van der Waals surface area contributed by atoms with Gasteiger partial charge in [-0.1, -0.05) is 0 Å². The summed E-state index contributed by atoms with van der Waals surface area (Å²) in [5, 5.41) is 0. The van der Waals surface area contributed by atoms with Gasteiger partial charge >= 0.3 is 0 Å². The molecular weight excluding hydrogens is 367 g/mol. The third-order valence-corrected chi connectivity index (χ3v) is 4.42. The maximum absolute atomic E-state index is 11.8. The fourth-order valence-electron chi connectivity index (χ4n) is 3.12. The summed E-state index contributed by atoms with van der Waals surface area (Å²) in [6, 6.07) is 0.543. The van der Waals surface area contributed by atoms with E-state index in [2.05, 4.69) is 14.8 Å². The number of guanidine groups is 1. The van der Waals surface area contributed by atoms with Crippen LogP contribution >= 0.6 is 24.0 Å². The van der Waals surface area contributed by atoms with Gasteiger partial charge < -0.3 is 15.5 Å². The molecule has 6 heteroatoms. The summed E-state index contributed by atoms with van der Waals surface area (Å²) >= 11 is 0. The molecule has 3 fully saturated rings. The normalized spacial score (nSPS) is 27.7. The van der Waals surface area contributed by atoms with Crippen LogP contribution in [0, 0.1) is 5.92 Å². The number of amides is 1. The summed E-state index contributed by atoms with van der Waals surface area (Å²) in [5.41, 5.74) is 6.05. The van der Waals surface area contributed by atoms with Crippen LogP contribution in [0.2, 0.25) is 0 Å². The van der Waals surface area contributed by atoms with Gasteiger partial charge in [-0.3, -0.25) is 9.79 Å². The Morgan fingerprint density at radius 3 is 2.60 bits per heavy atom. The first-order valence-electron chi connectivity index (χ1n) is 7.58. The SMILES string of the molecule is I.NC(=NCC1CC(=O)N(C2CC2)C1)N1CCCCC1. The summed E-state index contributed by atoms with van der Waals surface area (Å²) in [7, 11) is 0. The van der Waals surface area contributed by atoms with Crippen molar-refractivity contribution in [3.63, 3.8) is 0 Å². The summed E-state index contributed by atoms with van der Waals surface area (Å²) < 4.78 is 0. The average Bonchev–Trinajstić information content (AvgIpc) is 3.21. The molecule has 1 amide bonds. The summed E-state index contributed by atoms with van der Waals surface area (Å²) in [6.45, 7) is 3.66. The lowest BCUT2D eigenvalue weighted by molar-refractivity contribution is -0.128. The van der Waals surface area contributed by atoms with Crippen LogP contribution in [0.25, 0.3) is 0 Å². The predicted octanol–water partition coefficient (Wildman–Crippen LogP) is 1.42. The van der Waals surface area contributed by atoms with Crippen LogP contribution in [-0.2, 0) is 4.79 Å². The van der Waals surface area contributed by atoms with Gasteiger partial charge in [-0.25, -0.2) is 0 Å². The highest BCUT2D eigenvalue weighted by atomic mass is 127. The minimum atomic E-state index is 0. The second-order valence-electron chi connectivity index (χ2n) is 6.09. The van der Waals surface area contributed by atoms with E-state index in [9.17, 15) is 4.79 Å². The van der Waals surface area contributed by atoms with E-state index in [1.165, 1.54) is 32.1 Å². The van der Waals surface area contributed by atoms with Crippen molar-refractivity contribution < 1.29 is 4.79 Å². The Labute approximate surface area is 138 Å². The fraction of sp³-hybridized carbons (Fsp3) is 0.857. The van der Waals surface area contributed by atoms with Crippen molar-refractivity contribution in [3.05, 3.63) is 0 Å². The number of piperidine rings is 1. The average molecular weight is 392 g/mol. The maximum Gasteiger partial charge on any atom is 0.223 e. The highest BCUT2D eigenvalue weighted by molar-refractivity contribution is 14.0. The Balaban J connectivity index is 0.00000147. The van der Waals surface area contributed by atoms with Gasteiger partial charge in [-0.15, -0.1) is 24.0 Å². The number of carbonyl (C=O) groups excluding carboxylic acids is 1. The van der Waals surface area contributed by atoms with Crippen molar-refractivity contribution in [1.29, 1.82) is 0 Å². The van der Waals surface area contributed by atoms with E-state index in [-0.39, 0.29) is 24.0 Å². The third-order valence-electron chi connectivity index (χ3n) is 4.42. The lowest BCUT2D eigenvalue weighted by Gasteiger charge is -2.27. The van der Waals surface area contributed by atoms with Crippen LogP contribution in [0.4, 0.5) is 0 Å². The van der Waals surface area contributed by atoms with E-state index in [4.69, 9.17) is 5.73 Å². The Morgan fingerprint density at radius 2 is 1.95 bits per heavy atom. The van der Waals surface area contributed by atoms with Crippen LogP contribution in [0.15, 0.2) is 4.99 Å². The number of carbonyl (C=O) groups is 1. The van der Waals surface area contributed by atoms with E-state index in [1.54, 1.807) is 0 Å². The van der Waals surface area contributed by atoms with E-state index in [0.29, 0.717) is 36.8 Å². The number of nitrogens with two attached hydrogens (primary N) is 1. The van der Waals surface area contributed by atoms with E-state index >= 15 is 0 Å². The summed E-state index contributed by atoms with van der Waals surface area (Å²) in [6.07, 6.45) is 6.78. The van der Waals surface area contributed by atoms with Crippen LogP contribution in [0.5, 0.6) is 0 Å². The maximum atomic E-state index is 11.8. The molecule has 1 saturated carbocycles. The molecule has 3 aliphatic rings. The molecule has 1 aliphatic carbocycles. The molecule has 0 aromatic rings. The standard InChI is InChI=1S/C14H24N4O.HI/c15-14(17-6-2-1-3-7-17)16-9-11-8-13(19)18(10-11)12-4-5-12;/h11-12H,1-10H2,(H2,15,16);1H. The zero-order chi connectivity index (χ0) is 13.2. The topological polar surface area (TPSA) is 61.9 Å². The van der Waals surface area contributed by atoms with Gasteiger partial charge in [0.25, 0.3) is 0 Å². The monoisotopic (exact) mass is 392 g/mol. The van der Waals surface area contributed by atoms with Gasteiger partial charge in [0, 0.05) is 44.6 Å². The molecule has 1 atom stereocenters. The highest BCUT2D eigenvalue weighted by Gasteiger charge is 2.39. The Kier molecular flexibility index (Phi) is 5.51. The van der Waals surface area contributed by atoms with Gasteiger partial charge in [0.2, 0.25) is 5.91 Å². The van der Waals surface area contributed by atoms with Crippen molar-refractivity contribution >= 4 is 35.8 Å². The molecule has 2 heterocycles. The molecule has 2 saturated heterocycles. The molecular formula is C14H25IN4O. The van der Waals surface area contributed by atoms with Gasteiger partial charge in [-0.05, 0) is 32.1 Å². The molecule has 2 aliphatic heterocycles. The van der Waals surface area contributed by atoms with Crippen molar-refractivity contribution in [2.24, 2.45) is 16.6 Å². The first-order chi connectivity index (χ1) is 9.24. The molecule has 0 spiro atoms. The van der Waals surface area contributed by atoms with Crippen molar-refractivity contribution in [1.82, 2.24) is 9.80 Å². The highest BCUT2D eigenvalue weighted by Crippen LogP contribution is 2.32. The van der Waals surface area contributed by atoms with Crippen molar-refractivity contribution in [2.75, 3.05) is 26.2 Å². The second-order valence-corrected chi connectivity index (χ2v) is 6.09. The van der Waals surface area contributed by atoms with Crippen LogP contribution < -0.4 is 5.73 Å². The minimum absolute atomic E-state index is 0. The second kappa shape index (κ2) is 6.95. The molecule has 0 bridgehead atoms. The smallest absolute Gasteiger partial charge is 0.223 e. The van der Waals surface area contributed by atoms with Gasteiger partial charge in [0.1, 0.15) is 0 Å². The largest absolute Gasteiger partial charge is 0.370 e.